The molecule has 2 aromatic rings. The van der Waals surface area contributed by atoms with Crippen molar-refractivity contribution in [3.05, 3.63) is 64.7 Å². The van der Waals surface area contributed by atoms with Crippen LogP contribution in [-0.2, 0) is 11.4 Å². The lowest BCUT2D eigenvalue weighted by molar-refractivity contribution is -0.104. The number of halogens is 1. The van der Waals surface area contributed by atoms with Crippen LogP contribution >= 0.6 is 11.6 Å². The summed E-state index contributed by atoms with van der Waals surface area (Å²) in [5.41, 5.74) is 1.35. The molecule has 4 heteroatoms. The topological polar surface area (TPSA) is 43.4 Å². The fraction of sp³-hybridized carbons (Fsp3) is 0.0667. The van der Waals surface area contributed by atoms with E-state index in [0.717, 1.165) is 5.56 Å². The maximum Gasteiger partial charge on any atom is 0.225 e. The van der Waals surface area contributed by atoms with Gasteiger partial charge in [-0.1, -0.05) is 23.7 Å². The number of ether oxygens (including phenoxy) is 1. The van der Waals surface area contributed by atoms with Crippen molar-refractivity contribution in [2.75, 3.05) is 0 Å². The van der Waals surface area contributed by atoms with Crippen molar-refractivity contribution >= 4 is 23.7 Å². The summed E-state index contributed by atoms with van der Waals surface area (Å²) >= 11 is 5.79. The molecule has 19 heavy (non-hydrogen) atoms. The third-order valence-corrected chi connectivity index (χ3v) is 2.82. The second kappa shape index (κ2) is 6.16. The van der Waals surface area contributed by atoms with Crippen LogP contribution in [-0.4, -0.2) is 12.1 Å². The number of hydrogen-bond donors (Lipinski definition) is 0. The van der Waals surface area contributed by atoms with Gasteiger partial charge in [0.1, 0.15) is 12.4 Å². The van der Waals surface area contributed by atoms with Gasteiger partial charge in [0.15, 0.2) is 6.29 Å². The molecule has 0 amide bonds. The fourth-order valence-corrected chi connectivity index (χ4v) is 1.66. The molecular formula is C15H11ClO3. The molecule has 2 rings (SSSR count). The molecule has 0 atom stereocenters. The van der Waals surface area contributed by atoms with E-state index in [-0.39, 0.29) is 0 Å². The zero-order chi connectivity index (χ0) is 13.7. The van der Waals surface area contributed by atoms with E-state index in [9.17, 15) is 9.59 Å². The van der Waals surface area contributed by atoms with E-state index < -0.39 is 5.78 Å². The minimum absolute atomic E-state index is 0.295. The first kappa shape index (κ1) is 13.3. The molecule has 0 saturated heterocycles. The number of ketones is 1. The lowest BCUT2D eigenvalue weighted by Gasteiger charge is -2.06. The molecule has 0 spiro atoms. The zero-order valence-electron chi connectivity index (χ0n) is 10.0. The number of carbonyl (C=O) groups is 2. The van der Waals surface area contributed by atoms with Crippen LogP contribution < -0.4 is 4.74 Å². The number of rotatable bonds is 5. The van der Waals surface area contributed by atoms with Gasteiger partial charge in [0.25, 0.3) is 0 Å². The summed E-state index contributed by atoms with van der Waals surface area (Å²) in [6.07, 6.45) is 0.295. The second-order valence-electron chi connectivity index (χ2n) is 3.92. The van der Waals surface area contributed by atoms with Crippen LogP contribution in [0.1, 0.15) is 15.9 Å². The number of hydrogen-bond acceptors (Lipinski definition) is 3. The summed E-state index contributed by atoms with van der Waals surface area (Å²) in [6.45, 7) is 0.415. The van der Waals surface area contributed by atoms with Crippen molar-refractivity contribution in [2.24, 2.45) is 0 Å². The smallest absolute Gasteiger partial charge is 0.225 e. The van der Waals surface area contributed by atoms with Crippen LogP contribution in [0.4, 0.5) is 0 Å². The van der Waals surface area contributed by atoms with Gasteiger partial charge in [-0.3, -0.25) is 9.59 Å². The standard InChI is InChI=1S/C15H11ClO3/c16-13-5-1-11(2-6-13)10-19-14-7-3-12(4-8-14)15(18)9-17/h1-9H,10H2. The monoisotopic (exact) mass is 274 g/mol. The Morgan fingerprint density at radius 2 is 1.68 bits per heavy atom. The van der Waals surface area contributed by atoms with Crippen molar-refractivity contribution in [1.82, 2.24) is 0 Å². The van der Waals surface area contributed by atoms with E-state index in [1.54, 1.807) is 36.4 Å². The Morgan fingerprint density at radius 3 is 2.26 bits per heavy atom. The van der Waals surface area contributed by atoms with Crippen LogP contribution in [0.3, 0.4) is 0 Å². The quantitative estimate of drug-likeness (QED) is 0.477. The van der Waals surface area contributed by atoms with Crippen LogP contribution in [0.2, 0.25) is 5.02 Å². The molecule has 0 saturated carbocycles. The lowest BCUT2D eigenvalue weighted by atomic mass is 10.1. The zero-order valence-corrected chi connectivity index (χ0v) is 10.8. The Hall–Kier alpha value is -2.13. The molecule has 0 aromatic heterocycles. The van der Waals surface area contributed by atoms with Gasteiger partial charge in [-0.25, -0.2) is 0 Å². The van der Waals surface area contributed by atoms with Gasteiger partial charge in [0.2, 0.25) is 5.78 Å². The van der Waals surface area contributed by atoms with E-state index in [0.29, 0.717) is 29.2 Å². The largest absolute Gasteiger partial charge is 0.489 e. The van der Waals surface area contributed by atoms with Gasteiger partial charge in [-0.05, 0) is 42.0 Å². The Bertz CT molecular complexity index is 573. The summed E-state index contributed by atoms with van der Waals surface area (Å²) < 4.78 is 5.56. The molecule has 0 aliphatic rings. The van der Waals surface area contributed by atoms with Gasteiger partial charge < -0.3 is 4.74 Å². The maximum absolute atomic E-state index is 11.1. The molecule has 0 fully saturated rings. The van der Waals surface area contributed by atoms with Crippen molar-refractivity contribution in [2.45, 2.75) is 6.61 Å². The molecule has 0 heterocycles. The van der Waals surface area contributed by atoms with Crippen molar-refractivity contribution in [3.63, 3.8) is 0 Å². The van der Waals surface area contributed by atoms with Gasteiger partial charge in [0.05, 0.1) is 0 Å². The predicted molar refractivity (Wildman–Crippen MR) is 72.6 cm³/mol. The third-order valence-electron chi connectivity index (χ3n) is 2.56. The van der Waals surface area contributed by atoms with E-state index in [2.05, 4.69) is 0 Å². The highest BCUT2D eigenvalue weighted by Crippen LogP contribution is 2.15. The van der Waals surface area contributed by atoms with Gasteiger partial charge in [0, 0.05) is 10.6 Å². The maximum atomic E-state index is 11.1. The Labute approximate surface area is 115 Å². The van der Waals surface area contributed by atoms with Crippen LogP contribution in [0, 0.1) is 0 Å². The summed E-state index contributed by atoms with van der Waals surface area (Å²) in [5.74, 6) is 0.0988. The first-order valence-electron chi connectivity index (χ1n) is 5.66. The SMILES string of the molecule is O=CC(=O)c1ccc(OCc2ccc(Cl)cc2)cc1. The number of benzene rings is 2. The Balaban J connectivity index is 1.98. The van der Waals surface area contributed by atoms with Gasteiger partial charge in [-0.15, -0.1) is 0 Å². The normalized spacial score (nSPS) is 9.95. The Kier molecular flexibility index (Phi) is 4.31. The molecule has 3 nitrogen and oxygen atoms in total. The van der Waals surface area contributed by atoms with E-state index in [1.165, 1.54) is 0 Å². The molecule has 0 N–H and O–H groups in total. The molecule has 96 valence electrons. The molecule has 0 unspecified atom stereocenters. The highest BCUT2D eigenvalue weighted by atomic mass is 35.5. The average Bonchev–Trinajstić information content (AvgIpc) is 2.46. The van der Waals surface area contributed by atoms with Crippen molar-refractivity contribution in [1.29, 1.82) is 0 Å². The van der Waals surface area contributed by atoms with Gasteiger partial charge >= 0.3 is 0 Å². The van der Waals surface area contributed by atoms with Crippen LogP contribution in [0.5, 0.6) is 5.75 Å². The molecule has 0 radical (unpaired) electrons. The number of aldehydes is 1. The van der Waals surface area contributed by atoms with Crippen LogP contribution in [0.15, 0.2) is 48.5 Å². The Morgan fingerprint density at radius 1 is 1.05 bits per heavy atom. The molecule has 2 aromatic carbocycles. The first-order chi connectivity index (χ1) is 9.19. The summed E-state index contributed by atoms with van der Waals surface area (Å²) in [7, 11) is 0. The average molecular weight is 275 g/mol. The molecule has 0 aliphatic carbocycles. The highest BCUT2D eigenvalue weighted by Gasteiger charge is 2.03. The summed E-state index contributed by atoms with van der Waals surface area (Å²) in [6, 6.07) is 13.8. The molecule has 0 bridgehead atoms. The summed E-state index contributed by atoms with van der Waals surface area (Å²) in [4.78, 5) is 21.5. The minimum Gasteiger partial charge on any atom is -0.489 e. The molecular weight excluding hydrogens is 264 g/mol. The van der Waals surface area contributed by atoms with Crippen molar-refractivity contribution in [3.8, 4) is 5.75 Å². The van der Waals surface area contributed by atoms with Crippen molar-refractivity contribution < 1.29 is 14.3 Å². The highest BCUT2D eigenvalue weighted by molar-refractivity contribution is 6.33. The summed E-state index contributed by atoms with van der Waals surface area (Å²) in [5, 5.41) is 0.681. The molecule has 0 aliphatic heterocycles. The van der Waals surface area contributed by atoms with E-state index in [4.69, 9.17) is 16.3 Å². The lowest BCUT2D eigenvalue weighted by Crippen LogP contribution is -2.00. The van der Waals surface area contributed by atoms with Gasteiger partial charge in [-0.2, -0.15) is 0 Å². The number of Topliss-reactive ketones (excluding diaryl/α,β-unsaturated/α-hetero) is 1. The van der Waals surface area contributed by atoms with E-state index in [1.807, 2.05) is 12.1 Å². The minimum atomic E-state index is -0.538. The fourth-order valence-electron chi connectivity index (χ4n) is 1.53. The van der Waals surface area contributed by atoms with Crippen LogP contribution in [0.25, 0.3) is 0 Å². The van der Waals surface area contributed by atoms with E-state index >= 15 is 0 Å². The third kappa shape index (κ3) is 3.66. The second-order valence-corrected chi connectivity index (χ2v) is 4.36. The predicted octanol–water partition coefficient (Wildman–Crippen LogP) is 3.30. The number of carbonyl (C=O) groups excluding carboxylic acids is 2. The first-order valence-corrected chi connectivity index (χ1v) is 6.03.